The van der Waals surface area contributed by atoms with Crippen molar-refractivity contribution < 1.29 is 37.0 Å². The van der Waals surface area contributed by atoms with E-state index < -0.39 is 18.9 Å². The highest BCUT2D eigenvalue weighted by atomic mass is 19.4. The molecular formula is C21H23F3N2O5. The molecule has 168 valence electrons. The van der Waals surface area contributed by atoms with Crippen molar-refractivity contribution in [1.29, 1.82) is 0 Å². The summed E-state index contributed by atoms with van der Waals surface area (Å²) in [7, 11) is 4.17. The second kappa shape index (κ2) is 10.6. The molecule has 0 saturated carbocycles. The van der Waals surface area contributed by atoms with Gasteiger partial charge in [-0.3, -0.25) is 9.69 Å². The van der Waals surface area contributed by atoms with Crippen LogP contribution in [0.25, 0.3) is 0 Å². The monoisotopic (exact) mass is 440 g/mol. The van der Waals surface area contributed by atoms with E-state index in [2.05, 4.69) is 10.1 Å². The number of hydrogen-bond donors (Lipinski definition) is 1. The van der Waals surface area contributed by atoms with Gasteiger partial charge in [-0.1, -0.05) is 6.07 Å². The number of nitrogens with one attached hydrogen (secondary N) is 1. The van der Waals surface area contributed by atoms with E-state index in [1.54, 1.807) is 37.4 Å². The Morgan fingerprint density at radius 2 is 1.71 bits per heavy atom. The van der Waals surface area contributed by atoms with E-state index in [0.717, 1.165) is 0 Å². The summed E-state index contributed by atoms with van der Waals surface area (Å²) < 4.78 is 51.4. The fourth-order valence-corrected chi connectivity index (χ4v) is 2.64. The largest absolute Gasteiger partial charge is 0.493 e. The Morgan fingerprint density at radius 1 is 1.03 bits per heavy atom. The number of methoxy groups -OCH3 is 2. The lowest BCUT2D eigenvalue weighted by Gasteiger charge is -2.16. The molecule has 0 saturated heterocycles. The fourth-order valence-electron chi connectivity index (χ4n) is 2.64. The Morgan fingerprint density at radius 3 is 2.29 bits per heavy atom. The van der Waals surface area contributed by atoms with Gasteiger partial charge in [-0.05, 0) is 48.4 Å². The lowest BCUT2D eigenvalue weighted by atomic mass is 10.1. The lowest BCUT2D eigenvalue weighted by molar-refractivity contribution is -0.153. The zero-order valence-electron chi connectivity index (χ0n) is 17.3. The van der Waals surface area contributed by atoms with Crippen molar-refractivity contribution in [2.75, 3.05) is 38.1 Å². The Labute approximate surface area is 177 Å². The van der Waals surface area contributed by atoms with Crippen molar-refractivity contribution in [3.05, 3.63) is 48.0 Å². The Kier molecular flexibility index (Phi) is 8.12. The molecule has 0 aliphatic heterocycles. The van der Waals surface area contributed by atoms with Crippen molar-refractivity contribution in [1.82, 2.24) is 0 Å². The highest BCUT2D eigenvalue weighted by molar-refractivity contribution is 5.92. The summed E-state index contributed by atoms with van der Waals surface area (Å²) in [6.45, 7) is -1.42. The number of ether oxygens (including phenoxy) is 3. The number of carbonyl (C=O) groups is 2. The Bertz CT molecular complexity index is 901. The average Bonchev–Trinajstić information content (AvgIpc) is 2.75. The molecule has 0 heterocycles. The summed E-state index contributed by atoms with van der Waals surface area (Å²) in [5.41, 5.74) is 1.87. The molecule has 0 radical (unpaired) electrons. The first-order chi connectivity index (χ1) is 14.6. The van der Waals surface area contributed by atoms with E-state index in [9.17, 15) is 22.8 Å². The van der Waals surface area contributed by atoms with Gasteiger partial charge in [0.05, 0.1) is 14.2 Å². The molecule has 0 aliphatic carbocycles. The molecule has 0 spiro atoms. The van der Waals surface area contributed by atoms with Crippen LogP contribution in [0.3, 0.4) is 0 Å². The number of carbonyl (C=O) groups excluding carboxylic acids is 2. The van der Waals surface area contributed by atoms with Crippen LogP contribution >= 0.6 is 0 Å². The number of amides is 2. The van der Waals surface area contributed by atoms with Gasteiger partial charge < -0.3 is 19.5 Å². The van der Waals surface area contributed by atoms with Crippen LogP contribution in [0.4, 0.5) is 29.3 Å². The second-order valence-corrected chi connectivity index (χ2v) is 6.51. The third kappa shape index (κ3) is 7.40. The molecule has 1 N–H and O–H groups in total. The number of halogens is 3. The predicted molar refractivity (Wildman–Crippen MR) is 109 cm³/mol. The average molecular weight is 440 g/mol. The second-order valence-electron chi connectivity index (χ2n) is 6.51. The first-order valence-electron chi connectivity index (χ1n) is 9.21. The van der Waals surface area contributed by atoms with Crippen LogP contribution in [-0.2, 0) is 16.0 Å². The van der Waals surface area contributed by atoms with Gasteiger partial charge in [0.15, 0.2) is 18.1 Å². The molecule has 0 atom stereocenters. The van der Waals surface area contributed by atoms with Gasteiger partial charge >= 0.3 is 12.3 Å². The molecule has 2 aromatic carbocycles. The minimum atomic E-state index is -4.45. The van der Waals surface area contributed by atoms with E-state index in [-0.39, 0.29) is 23.8 Å². The molecule has 0 aromatic heterocycles. The van der Waals surface area contributed by atoms with Crippen molar-refractivity contribution in [2.24, 2.45) is 0 Å². The molecule has 2 amide bonds. The molecule has 31 heavy (non-hydrogen) atoms. The molecule has 10 heteroatoms. The zero-order chi connectivity index (χ0) is 23.0. The van der Waals surface area contributed by atoms with E-state index in [1.807, 2.05) is 0 Å². The highest BCUT2D eigenvalue weighted by Gasteiger charge is 2.29. The highest BCUT2D eigenvalue weighted by Crippen LogP contribution is 2.30. The number of rotatable bonds is 8. The van der Waals surface area contributed by atoms with Crippen LogP contribution in [0.5, 0.6) is 11.5 Å². The molecule has 0 aliphatic rings. The fraction of sp³-hybridized carbons (Fsp3) is 0.333. The quantitative estimate of drug-likeness (QED) is 0.658. The number of benzene rings is 2. The summed E-state index contributed by atoms with van der Waals surface area (Å²) in [5.74, 6) is -0.108. The molecule has 0 fully saturated rings. The number of anilines is 2. The SMILES string of the molecule is COC(=O)N(C)c1ccc(NC(=O)CCc2ccc(OCC(F)(F)F)c(OC)c2)cc1. The summed E-state index contributed by atoms with van der Waals surface area (Å²) in [4.78, 5) is 25.0. The standard InChI is InChI=1S/C21H23F3N2O5/c1-26(20(28)30-3)16-8-6-15(7-9-16)25-19(27)11-5-14-4-10-17(18(12-14)29-2)31-13-21(22,23)24/h4,6-10,12H,5,11,13H2,1-3H3,(H,25,27). The molecule has 7 nitrogen and oxygen atoms in total. The van der Waals surface area contributed by atoms with Crippen LogP contribution in [-0.4, -0.2) is 46.1 Å². The smallest absolute Gasteiger partial charge is 0.422 e. The molecule has 0 bridgehead atoms. The Balaban J connectivity index is 1.91. The molecular weight excluding hydrogens is 417 g/mol. The van der Waals surface area contributed by atoms with Crippen molar-refractivity contribution in [3.8, 4) is 11.5 Å². The van der Waals surface area contributed by atoms with E-state index in [0.29, 0.717) is 23.4 Å². The minimum Gasteiger partial charge on any atom is -0.493 e. The maximum Gasteiger partial charge on any atom is 0.422 e. The number of nitrogens with zero attached hydrogens (tertiary/aromatic N) is 1. The minimum absolute atomic E-state index is 0.0231. The molecule has 0 unspecified atom stereocenters. The summed E-state index contributed by atoms with van der Waals surface area (Å²) in [6, 6.07) is 11.1. The number of aryl methyl sites for hydroxylation is 1. The van der Waals surface area contributed by atoms with Crippen LogP contribution in [0.15, 0.2) is 42.5 Å². The first-order valence-corrected chi connectivity index (χ1v) is 9.21. The van der Waals surface area contributed by atoms with Crippen molar-refractivity contribution in [3.63, 3.8) is 0 Å². The van der Waals surface area contributed by atoms with E-state index in [4.69, 9.17) is 9.47 Å². The third-order valence-corrected chi connectivity index (χ3v) is 4.25. The zero-order valence-corrected chi connectivity index (χ0v) is 17.3. The summed E-state index contributed by atoms with van der Waals surface area (Å²) >= 11 is 0. The van der Waals surface area contributed by atoms with Gasteiger partial charge in [-0.15, -0.1) is 0 Å². The third-order valence-electron chi connectivity index (χ3n) is 4.25. The summed E-state index contributed by atoms with van der Waals surface area (Å²) in [6.07, 6.45) is -4.46. The van der Waals surface area contributed by atoms with Crippen LogP contribution in [0.1, 0.15) is 12.0 Å². The predicted octanol–water partition coefficient (Wildman–Crippen LogP) is 4.41. The van der Waals surface area contributed by atoms with Crippen molar-refractivity contribution in [2.45, 2.75) is 19.0 Å². The van der Waals surface area contributed by atoms with Gasteiger partial charge in [-0.25, -0.2) is 4.79 Å². The first kappa shape index (κ1) is 23.8. The lowest BCUT2D eigenvalue weighted by Crippen LogP contribution is -2.25. The van der Waals surface area contributed by atoms with Gasteiger partial charge in [-0.2, -0.15) is 13.2 Å². The van der Waals surface area contributed by atoms with Gasteiger partial charge in [0.1, 0.15) is 0 Å². The summed E-state index contributed by atoms with van der Waals surface area (Å²) in [5, 5.41) is 2.74. The number of hydrogen-bond acceptors (Lipinski definition) is 5. The van der Waals surface area contributed by atoms with Gasteiger partial charge in [0.25, 0.3) is 0 Å². The molecule has 2 rings (SSSR count). The number of alkyl halides is 3. The van der Waals surface area contributed by atoms with Gasteiger partial charge in [0, 0.05) is 24.8 Å². The van der Waals surface area contributed by atoms with Crippen LogP contribution in [0.2, 0.25) is 0 Å². The van der Waals surface area contributed by atoms with Crippen LogP contribution < -0.4 is 19.7 Å². The van der Waals surface area contributed by atoms with Gasteiger partial charge in [0.2, 0.25) is 5.91 Å². The van der Waals surface area contributed by atoms with E-state index in [1.165, 1.54) is 31.3 Å². The maximum absolute atomic E-state index is 12.3. The Hall–Kier alpha value is -3.43. The van der Waals surface area contributed by atoms with E-state index >= 15 is 0 Å². The maximum atomic E-state index is 12.3. The molecule has 2 aromatic rings. The van der Waals surface area contributed by atoms with Crippen LogP contribution in [0, 0.1) is 0 Å². The normalized spacial score (nSPS) is 10.9. The topological polar surface area (TPSA) is 77.1 Å². The van der Waals surface area contributed by atoms with Crippen molar-refractivity contribution >= 4 is 23.4 Å².